The van der Waals surface area contributed by atoms with Crippen LogP contribution in [0.3, 0.4) is 0 Å². The lowest BCUT2D eigenvalue weighted by Crippen LogP contribution is -2.43. The van der Waals surface area contributed by atoms with Crippen molar-refractivity contribution in [2.45, 2.75) is 0 Å². The normalized spacial score (nSPS) is 9.96. The number of hydrogen-bond acceptors (Lipinski definition) is 7. The highest BCUT2D eigenvalue weighted by molar-refractivity contribution is 6.31. The number of nitro groups is 1. The average Bonchev–Trinajstić information content (AvgIpc) is 3.12. The molecule has 2 N–H and O–H groups in total. The molecule has 0 aliphatic rings. The minimum atomic E-state index is -1.09. The molecular formula is C14H10ClN3O7. The number of esters is 1. The molecule has 0 radical (unpaired) electrons. The van der Waals surface area contributed by atoms with Gasteiger partial charge in [-0.05, 0) is 24.3 Å². The van der Waals surface area contributed by atoms with E-state index in [1.54, 1.807) is 0 Å². The van der Waals surface area contributed by atoms with Crippen molar-refractivity contribution in [3.63, 3.8) is 0 Å². The number of rotatable bonds is 5. The Morgan fingerprint density at radius 2 is 2.00 bits per heavy atom. The second-order valence-electron chi connectivity index (χ2n) is 4.47. The third kappa shape index (κ3) is 4.78. The maximum Gasteiger partial charge on any atom is 0.345 e. The second kappa shape index (κ2) is 7.93. The summed E-state index contributed by atoms with van der Waals surface area (Å²) in [6.07, 6.45) is 1.28. The summed E-state index contributed by atoms with van der Waals surface area (Å²) in [5.41, 5.74) is 3.12. The standard InChI is InChI=1S/C14H10ClN3O7/c15-8-3-4-9(10(6-8)18(22)23)14(21)25-7-12(19)16-17-13(20)11-2-1-5-24-11/h1-6H,7H2,(H,16,19)(H,17,20). The number of nitrogens with zero attached hydrogens (tertiary/aromatic N) is 1. The Kier molecular flexibility index (Phi) is 5.69. The molecule has 0 saturated heterocycles. The van der Waals surface area contributed by atoms with Crippen molar-refractivity contribution in [3.05, 3.63) is 63.1 Å². The zero-order chi connectivity index (χ0) is 18.4. The predicted molar refractivity (Wildman–Crippen MR) is 82.7 cm³/mol. The molecule has 0 atom stereocenters. The van der Waals surface area contributed by atoms with E-state index in [1.807, 2.05) is 10.9 Å². The van der Waals surface area contributed by atoms with Crippen LogP contribution in [0.25, 0.3) is 0 Å². The number of hydrazine groups is 1. The highest BCUT2D eigenvalue weighted by Crippen LogP contribution is 2.23. The molecule has 0 aliphatic carbocycles. The van der Waals surface area contributed by atoms with Gasteiger partial charge in [0.15, 0.2) is 12.4 Å². The van der Waals surface area contributed by atoms with Crippen LogP contribution in [0.15, 0.2) is 41.0 Å². The van der Waals surface area contributed by atoms with Gasteiger partial charge >= 0.3 is 11.9 Å². The molecule has 0 unspecified atom stereocenters. The zero-order valence-electron chi connectivity index (χ0n) is 12.4. The smallest absolute Gasteiger partial charge is 0.345 e. The summed E-state index contributed by atoms with van der Waals surface area (Å²) >= 11 is 5.64. The monoisotopic (exact) mass is 367 g/mol. The first kappa shape index (κ1) is 17.9. The summed E-state index contributed by atoms with van der Waals surface area (Å²) in [6.45, 7) is -0.767. The number of ether oxygens (including phenoxy) is 1. The molecule has 1 heterocycles. The van der Waals surface area contributed by atoms with Crippen LogP contribution < -0.4 is 10.9 Å². The van der Waals surface area contributed by atoms with Gasteiger partial charge in [0.2, 0.25) is 0 Å². The molecule has 2 aromatic rings. The van der Waals surface area contributed by atoms with Gasteiger partial charge in [0.1, 0.15) is 5.56 Å². The SMILES string of the molecule is O=C(COC(=O)c1ccc(Cl)cc1[N+](=O)[O-])NNC(=O)c1ccco1. The van der Waals surface area contributed by atoms with E-state index < -0.39 is 35.0 Å². The Morgan fingerprint density at radius 3 is 2.64 bits per heavy atom. The van der Waals surface area contributed by atoms with E-state index in [0.29, 0.717) is 0 Å². The molecule has 130 valence electrons. The fourth-order valence-corrected chi connectivity index (χ4v) is 1.84. The van der Waals surface area contributed by atoms with Crippen LogP contribution in [0.1, 0.15) is 20.9 Å². The molecule has 25 heavy (non-hydrogen) atoms. The summed E-state index contributed by atoms with van der Waals surface area (Å²) in [4.78, 5) is 45.0. The summed E-state index contributed by atoms with van der Waals surface area (Å²) < 4.78 is 9.48. The van der Waals surface area contributed by atoms with Gasteiger partial charge in [-0.15, -0.1) is 0 Å². The van der Waals surface area contributed by atoms with Gasteiger partial charge in [0, 0.05) is 11.1 Å². The van der Waals surface area contributed by atoms with Gasteiger partial charge in [-0.25, -0.2) is 4.79 Å². The molecule has 2 amide bonds. The van der Waals surface area contributed by atoms with E-state index in [2.05, 4.69) is 4.74 Å². The van der Waals surface area contributed by atoms with Crippen molar-refractivity contribution in [1.82, 2.24) is 10.9 Å². The number of carbonyl (C=O) groups is 3. The molecule has 1 aromatic carbocycles. The highest BCUT2D eigenvalue weighted by Gasteiger charge is 2.22. The van der Waals surface area contributed by atoms with E-state index in [1.165, 1.54) is 24.5 Å². The molecule has 11 heteroatoms. The molecule has 0 bridgehead atoms. The lowest BCUT2D eigenvalue weighted by Gasteiger charge is -2.07. The molecule has 2 rings (SSSR count). The van der Waals surface area contributed by atoms with Gasteiger partial charge in [-0.1, -0.05) is 11.6 Å². The Labute approximate surface area is 144 Å². The van der Waals surface area contributed by atoms with Crippen LogP contribution in [0.5, 0.6) is 0 Å². The quantitative estimate of drug-likeness (QED) is 0.463. The molecule has 0 saturated carbocycles. The average molecular weight is 368 g/mol. The van der Waals surface area contributed by atoms with Gasteiger partial charge in [-0.3, -0.25) is 30.6 Å². The van der Waals surface area contributed by atoms with E-state index in [0.717, 1.165) is 12.1 Å². The van der Waals surface area contributed by atoms with Gasteiger partial charge in [-0.2, -0.15) is 0 Å². The number of carbonyl (C=O) groups excluding carboxylic acids is 3. The Bertz CT molecular complexity index is 820. The first-order chi connectivity index (χ1) is 11.9. The van der Waals surface area contributed by atoms with Crippen LogP contribution in [-0.2, 0) is 9.53 Å². The minimum Gasteiger partial charge on any atom is -0.459 e. The number of nitro benzene ring substituents is 1. The zero-order valence-corrected chi connectivity index (χ0v) is 13.1. The molecule has 0 aliphatic heterocycles. The lowest BCUT2D eigenvalue weighted by atomic mass is 10.2. The number of nitrogens with one attached hydrogen (secondary N) is 2. The predicted octanol–water partition coefficient (Wildman–Crippen LogP) is 1.46. The van der Waals surface area contributed by atoms with Crippen molar-refractivity contribution >= 4 is 35.1 Å². The van der Waals surface area contributed by atoms with Crippen molar-refractivity contribution in [2.24, 2.45) is 0 Å². The fraction of sp³-hybridized carbons (Fsp3) is 0.0714. The number of benzene rings is 1. The Hall–Kier alpha value is -3.40. The van der Waals surface area contributed by atoms with Crippen molar-refractivity contribution in [1.29, 1.82) is 0 Å². The van der Waals surface area contributed by atoms with Crippen molar-refractivity contribution < 1.29 is 28.5 Å². The lowest BCUT2D eigenvalue weighted by molar-refractivity contribution is -0.385. The van der Waals surface area contributed by atoms with E-state index in [4.69, 9.17) is 16.0 Å². The largest absolute Gasteiger partial charge is 0.459 e. The van der Waals surface area contributed by atoms with Crippen molar-refractivity contribution in [3.8, 4) is 0 Å². The number of hydrogen-bond donors (Lipinski definition) is 2. The Morgan fingerprint density at radius 1 is 1.24 bits per heavy atom. The Balaban J connectivity index is 1.88. The van der Waals surface area contributed by atoms with Gasteiger partial charge in [0.05, 0.1) is 11.2 Å². The van der Waals surface area contributed by atoms with Crippen LogP contribution in [0, 0.1) is 10.1 Å². The third-order valence-electron chi connectivity index (χ3n) is 2.77. The summed E-state index contributed by atoms with van der Waals surface area (Å²) in [5, 5.41) is 11.0. The van der Waals surface area contributed by atoms with E-state index >= 15 is 0 Å². The van der Waals surface area contributed by atoms with Crippen LogP contribution in [0.4, 0.5) is 5.69 Å². The van der Waals surface area contributed by atoms with Crippen LogP contribution in [0.2, 0.25) is 5.02 Å². The summed E-state index contributed by atoms with van der Waals surface area (Å²) in [5.74, 6) is -2.69. The molecule has 10 nitrogen and oxygen atoms in total. The van der Waals surface area contributed by atoms with Gasteiger partial charge in [0.25, 0.3) is 11.6 Å². The highest BCUT2D eigenvalue weighted by atomic mass is 35.5. The summed E-state index contributed by atoms with van der Waals surface area (Å²) in [7, 11) is 0. The second-order valence-corrected chi connectivity index (χ2v) is 4.91. The first-order valence-electron chi connectivity index (χ1n) is 6.62. The number of amides is 2. The molecule has 0 spiro atoms. The van der Waals surface area contributed by atoms with E-state index in [9.17, 15) is 24.5 Å². The number of halogens is 1. The molecular weight excluding hydrogens is 358 g/mol. The summed E-state index contributed by atoms with van der Waals surface area (Å²) in [6, 6.07) is 6.23. The van der Waals surface area contributed by atoms with Crippen LogP contribution in [-0.4, -0.2) is 29.3 Å². The maximum atomic E-state index is 11.9. The number of furan rings is 1. The third-order valence-corrected chi connectivity index (χ3v) is 3.01. The van der Waals surface area contributed by atoms with Gasteiger partial charge < -0.3 is 9.15 Å². The van der Waals surface area contributed by atoms with Crippen molar-refractivity contribution in [2.75, 3.05) is 6.61 Å². The molecule has 0 fully saturated rings. The fourth-order valence-electron chi connectivity index (χ4n) is 1.67. The minimum absolute atomic E-state index is 0.0333. The van der Waals surface area contributed by atoms with Crippen LogP contribution >= 0.6 is 11.6 Å². The maximum absolute atomic E-state index is 11.9. The molecule has 1 aromatic heterocycles. The first-order valence-corrected chi connectivity index (χ1v) is 7.00. The topological polar surface area (TPSA) is 141 Å². The van der Waals surface area contributed by atoms with E-state index in [-0.39, 0.29) is 16.3 Å².